The van der Waals surface area contributed by atoms with Crippen molar-refractivity contribution >= 4 is 21.8 Å². The summed E-state index contributed by atoms with van der Waals surface area (Å²) in [6, 6.07) is 9.27. The topological polar surface area (TPSA) is 113 Å². The Morgan fingerprint density at radius 3 is 2.34 bits per heavy atom. The fraction of sp³-hybridized carbons (Fsp3) is 0.421. The second kappa shape index (κ2) is 8.75. The van der Waals surface area contributed by atoms with Gasteiger partial charge in [-0.1, -0.05) is 35.5 Å². The van der Waals surface area contributed by atoms with Crippen molar-refractivity contribution in [3.63, 3.8) is 0 Å². The van der Waals surface area contributed by atoms with Crippen LogP contribution < -0.4 is 5.32 Å². The maximum Gasteiger partial charge on any atom is 0.248 e. The molecule has 0 aliphatic carbocycles. The Morgan fingerprint density at radius 2 is 1.76 bits per heavy atom. The van der Waals surface area contributed by atoms with Crippen molar-refractivity contribution < 1.29 is 22.5 Å². The van der Waals surface area contributed by atoms with E-state index in [-0.39, 0.29) is 61.6 Å². The lowest BCUT2D eigenvalue weighted by Gasteiger charge is -2.34. The number of benzene rings is 1. The van der Waals surface area contributed by atoms with Gasteiger partial charge in [0.2, 0.25) is 21.8 Å². The van der Waals surface area contributed by atoms with Crippen molar-refractivity contribution in [2.75, 3.05) is 32.7 Å². The number of hydrogen-bond donors (Lipinski definition) is 1. The molecule has 0 saturated carbocycles. The minimum atomic E-state index is -3.72. The van der Waals surface area contributed by atoms with Gasteiger partial charge in [0, 0.05) is 26.2 Å². The number of carbonyl (C=O) groups is 2. The van der Waals surface area contributed by atoms with Crippen LogP contribution in [0.3, 0.4) is 0 Å². The molecule has 0 bridgehead atoms. The molecule has 1 aliphatic rings. The second-order valence-corrected chi connectivity index (χ2v) is 8.75. The molecular formula is C19H24N4O5S. The largest absolute Gasteiger partial charge is 0.360 e. The van der Waals surface area contributed by atoms with E-state index in [1.165, 1.54) is 4.31 Å². The molecule has 29 heavy (non-hydrogen) atoms. The van der Waals surface area contributed by atoms with Gasteiger partial charge in [-0.3, -0.25) is 9.59 Å². The fourth-order valence-electron chi connectivity index (χ4n) is 3.28. The van der Waals surface area contributed by atoms with Crippen LogP contribution in [-0.2, 0) is 26.0 Å². The minimum absolute atomic E-state index is 0.0884. The predicted molar refractivity (Wildman–Crippen MR) is 104 cm³/mol. The fourth-order valence-corrected chi connectivity index (χ4v) is 4.99. The van der Waals surface area contributed by atoms with E-state index < -0.39 is 10.0 Å². The molecule has 9 nitrogen and oxygen atoms in total. The van der Waals surface area contributed by atoms with Crippen LogP contribution in [0, 0.1) is 13.8 Å². The van der Waals surface area contributed by atoms with Gasteiger partial charge < -0.3 is 14.7 Å². The van der Waals surface area contributed by atoms with Gasteiger partial charge in [-0.15, -0.1) is 0 Å². The van der Waals surface area contributed by atoms with Gasteiger partial charge in [0.1, 0.15) is 10.6 Å². The maximum atomic E-state index is 12.8. The average Bonchev–Trinajstić information content (AvgIpc) is 3.06. The van der Waals surface area contributed by atoms with E-state index in [4.69, 9.17) is 4.52 Å². The number of piperazine rings is 1. The monoisotopic (exact) mass is 420 g/mol. The number of amides is 2. The molecule has 1 fully saturated rings. The lowest BCUT2D eigenvalue weighted by molar-refractivity contribution is -0.133. The Hall–Kier alpha value is -2.72. The van der Waals surface area contributed by atoms with Crippen LogP contribution in [0.2, 0.25) is 0 Å². The highest BCUT2D eigenvalue weighted by atomic mass is 32.2. The molecule has 1 aromatic carbocycles. The first-order valence-electron chi connectivity index (χ1n) is 9.30. The Labute approximate surface area is 169 Å². The SMILES string of the molecule is Cc1noc(C)c1S(=O)(=O)N1CCN(C(=O)CNC(=O)Cc2ccccc2)CC1. The Bertz CT molecular complexity index is 960. The third-order valence-electron chi connectivity index (χ3n) is 4.80. The van der Waals surface area contributed by atoms with Gasteiger partial charge >= 0.3 is 0 Å². The summed E-state index contributed by atoms with van der Waals surface area (Å²) >= 11 is 0. The summed E-state index contributed by atoms with van der Waals surface area (Å²) in [5, 5.41) is 6.33. The molecule has 10 heteroatoms. The number of nitrogens with one attached hydrogen (secondary N) is 1. The van der Waals surface area contributed by atoms with E-state index in [0.717, 1.165) is 5.56 Å². The zero-order chi connectivity index (χ0) is 21.0. The molecule has 0 spiro atoms. The van der Waals surface area contributed by atoms with Crippen LogP contribution in [-0.4, -0.2) is 67.3 Å². The number of rotatable bonds is 6. The normalized spacial score (nSPS) is 15.3. The smallest absolute Gasteiger partial charge is 0.248 e. The van der Waals surface area contributed by atoms with E-state index in [0.29, 0.717) is 5.69 Å². The summed E-state index contributed by atoms with van der Waals surface area (Å²) in [6.45, 7) is 3.91. The maximum absolute atomic E-state index is 12.8. The third kappa shape index (κ3) is 4.83. The van der Waals surface area contributed by atoms with Crippen molar-refractivity contribution in [1.29, 1.82) is 0 Å². The molecule has 1 N–H and O–H groups in total. The standard InChI is InChI=1S/C19H24N4O5S/c1-14-19(15(2)28-21-14)29(26,27)23-10-8-22(9-11-23)18(25)13-20-17(24)12-16-6-4-3-5-7-16/h3-7H,8-13H2,1-2H3,(H,20,24). The third-order valence-corrected chi connectivity index (χ3v) is 6.95. The van der Waals surface area contributed by atoms with E-state index >= 15 is 0 Å². The first-order valence-corrected chi connectivity index (χ1v) is 10.7. The van der Waals surface area contributed by atoms with Gasteiger partial charge in [-0.25, -0.2) is 8.42 Å². The molecule has 3 rings (SSSR count). The van der Waals surface area contributed by atoms with Gasteiger partial charge in [0.15, 0.2) is 5.76 Å². The average molecular weight is 420 g/mol. The van der Waals surface area contributed by atoms with E-state index in [1.807, 2.05) is 30.3 Å². The van der Waals surface area contributed by atoms with Crippen LogP contribution in [0.5, 0.6) is 0 Å². The highest BCUT2D eigenvalue weighted by Gasteiger charge is 2.34. The predicted octanol–water partition coefficient (Wildman–Crippen LogP) is 0.483. The molecule has 0 unspecified atom stereocenters. The van der Waals surface area contributed by atoms with Crippen LogP contribution in [0.4, 0.5) is 0 Å². The van der Waals surface area contributed by atoms with Crippen LogP contribution in [0.25, 0.3) is 0 Å². The lowest BCUT2D eigenvalue weighted by atomic mass is 10.1. The summed E-state index contributed by atoms with van der Waals surface area (Å²) < 4.78 is 31.9. The highest BCUT2D eigenvalue weighted by molar-refractivity contribution is 7.89. The van der Waals surface area contributed by atoms with Gasteiger partial charge in [-0.2, -0.15) is 4.31 Å². The van der Waals surface area contributed by atoms with Crippen LogP contribution in [0.15, 0.2) is 39.8 Å². The molecule has 0 radical (unpaired) electrons. The van der Waals surface area contributed by atoms with Crippen molar-refractivity contribution in [3.8, 4) is 0 Å². The summed E-state index contributed by atoms with van der Waals surface area (Å²) in [4.78, 5) is 26.0. The van der Waals surface area contributed by atoms with Gasteiger partial charge in [0.25, 0.3) is 0 Å². The molecule has 1 aromatic heterocycles. The summed E-state index contributed by atoms with van der Waals surface area (Å²) in [5.74, 6) is -0.216. The van der Waals surface area contributed by atoms with E-state index in [1.54, 1.807) is 18.7 Å². The number of aryl methyl sites for hydroxylation is 2. The Balaban J connectivity index is 1.50. The zero-order valence-electron chi connectivity index (χ0n) is 16.4. The number of carbonyl (C=O) groups excluding carboxylic acids is 2. The quantitative estimate of drug-likeness (QED) is 0.728. The Morgan fingerprint density at radius 1 is 1.10 bits per heavy atom. The molecule has 2 heterocycles. The number of sulfonamides is 1. The van der Waals surface area contributed by atoms with Crippen molar-refractivity contribution in [1.82, 2.24) is 19.7 Å². The van der Waals surface area contributed by atoms with Crippen LogP contribution >= 0.6 is 0 Å². The minimum Gasteiger partial charge on any atom is -0.360 e. The molecule has 1 aliphatic heterocycles. The molecule has 156 valence electrons. The number of nitrogens with zero attached hydrogens (tertiary/aromatic N) is 3. The number of aromatic nitrogens is 1. The summed E-state index contributed by atoms with van der Waals surface area (Å²) in [5.41, 5.74) is 1.19. The second-order valence-electron chi connectivity index (χ2n) is 6.88. The van der Waals surface area contributed by atoms with E-state index in [9.17, 15) is 18.0 Å². The van der Waals surface area contributed by atoms with Crippen molar-refractivity contribution in [3.05, 3.63) is 47.3 Å². The van der Waals surface area contributed by atoms with E-state index in [2.05, 4.69) is 10.5 Å². The summed E-state index contributed by atoms with van der Waals surface area (Å²) in [6.07, 6.45) is 0.206. The van der Waals surface area contributed by atoms with Gasteiger partial charge in [0.05, 0.1) is 13.0 Å². The molecule has 1 saturated heterocycles. The Kier molecular flexibility index (Phi) is 6.33. The first kappa shape index (κ1) is 21.0. The highest BCUT2D eigenvalue weighted by Crippen LogP contribution is 2.24. The van der Waals surface area contributed by atoms with Crippen molar-refractivity contribution in [2.45, 2.75) is 25.2 Å². The molecule has 2 aromatic rings. The molecule has 0 atom stereocenters. The zero-order valence-corrected chi connectivity index (χ0v) is 17.2. The summed E-state index contributed by atoms with van der Waals surface area (Å²) in [7, 11) is -3.72. The molecule has 2 amide bonds. The first-order chi connectivity index (χ1) is 13.8. The lowest BCUT2D eigenvalue weighted by Crippen LogP contribution is -2.52. The van der Waals surface area contributed by atoms with Gasteiger partial charge in [-0.05, 0) is 19.4 Å². The number of hydrogen-bond acceptors (Lipinski definition) is 6. The van der Waals surface area contributed by atoms with Crippen LogP contribution in [0.1, 0.15) is 17.0 Å². The van der Waals surface area contributed by atoms with Crippen molar-refractivity contribution in [2.24, 2.45) is 0 Å². The molecular weight excluding hydrogens is 396 g/mol.